The molecule has 0 spiro atoms. The Morgan fingerprint density at radius 2 is 1.80 bits per heavy atom. The Labute approximate surface area is 175 Å². The van der Waals surface area contributed by atoms with Crippen molar-refractivity contribution in [3.8, 4) is 0 Å². The normalized spacial score (nSPS) is 24.5. The zero-order valence-electron chi connectivity index (χ0n) is 18.4. The second-order valence-corrected chi connectivity index (χ2v) is 13.6. The van der Waals surface area contributed by atoms with Crippen LogP contribution in [0.1, 0.15) is 40.8 Å². The molecule has 1 aliphatic heterocycles. The van der Waals surface area contributed by atoms with E-state index in [4.69, 9.17) is 18.6 Å². The maximum atomic E-state index is 12.4. The average Bonchev–Trinajstić information content (AvgIpc) is 2.88. The molecule has 10 nitrogen and oxygen atoms in total. The van der Waals surface area contributed by atoms with E-state index in [1.807, 2.05) is 13.1 Å². The second kappa shape index (κ2) is 8.86. The van der Waals surface area contributed by atoms with Crippen LogP contribution in [-0.4, -0.2) is 54.7 Å². The van der Waals surface area contributed by atoms with Crippen LogP contribution in [-0.2, 0) is 28.2 Å². The van der Waals surface area contributed by atoms with Crippen molar-refractivity contribution in [2.45, 2.75) is 77.3 Å². The number of nitrogens with one attached hydrogen (secondary N) is 1. The zero-order chi connectivity index (χ0) is 22.9. The Balaban J connectivity index is 2.50. The quantitative estimate of drug-likeness (QED) is 0.516. The largest absolute Gasteiger partial charge is 0.463 e. The standard InChI is InChI=1S/C19H30N2O8Si/c1-11(22)26-10-13-15(29-30(6,7)19(3,4)5)16(27-12(2)23)17(28-13)21-9-8-14(24)20-18(21)25/h8-9,13,15-17H,10H2,1-7H3,(H,20,24,25)/t13-,15?,16?,17-/m0/s1. The van der Waals surface area contributed by atoms with Crippen LogP contribution in [0.15, 0.2) is 21.9 Å². The number of carbonyl (C=O) groups is 2. The highest BCUT2D eigenvalue weighted by atomic mass is 28.4. The predicted octanol–water partition coefficient (Wildman–Crippen LogP) is 1.32. The average molecular weight is 443 g/mol. The minimum absolute atomic E-state index is 0.138. The molecule has 0 saturated carbocycles. The first-order chi connectivity index (χ1) is 13.7. The van der Waals surface area contributed by atoms with Crippen molar-refractivity contribution in [1.82, 2.24) is 9.55 Å². The van der Waals surface area contributed by atoms with Gasteiger partial charge in [-0.15, -0.1) is 0 Å². The molecule has 0 aliphatic carbocycles. The molecule has 30 heavy (non-hydrogen) atoms. The number of esters is 2. The summed E-state index contributed by atoms with van der Waals surface area (Å²) in [6.07, 6.45) is -2.34. The molecule has 2 rings (SSSR count). The van der Waals surface area contributed by atoms with Gasteiger partial charge in [0.2, 0.25) is 0 Å². The number of aromatic nitrogens is 2. The number of ether oxygens (including phenoxy) is 3. The zero-order valence-corrected chi connectivity index (χ0v) is 19.4. The van der Waals surface area contributed by atoms with Crippen LogP contribution in [0.3, 0.4) is 0 Å². The molecule has 0 amide bonds. The van der Waals surface area contributed by atoms with Gasteiger partial charge in [-0.2, -0.15) is 0 Å². The fourth-order valence-electron chi connectivity index (χ4n) is 2.87. The van der Waals surface area contributed by atoms with Gasteiger partial charge in [0.1, 0.15) is 18.8 Å². The first kappa shape index (κ1) is 24.0. The monoisotopic (exact) mass is 442 g/mol. The highest BCUT2D eigenvalue weighted by Crippen LogP contribution is 2.42. The molecule has 1 aromatic rings. The molecule has 1 N–H and O–H groups in total. The summed E-state index contributed by atoms with van der Waals surface area (Å²) in [6, 6.07) is 1.17. The lowest BCUT2D eigenvalue weighted by Crippen LogP contribution is -2.51. The third-order valence-corrected chi connectivity index (χ3v) is 9.87. The Hall–Kier alpha value is -2.24. The number of hydrogen-bond donors (Lipinski definition) is 1. The van der Waals surface area contributed by atoms with Gasteiger partial charge in [0.05, 0.1) is 0 Å². The van der Waals surface area contributed by atoms with Crippen molar-refractivity contribution in [2.24, 2.45) is 0 Å². The van der Waals surface area contributed by atoms with E-state index in [1.165, 1.54) is 26.1 Å². The highest BCUT2D eigenvalue weighted by Gasteiger charge is 2.53. The van der Waals surface area contributed by atoms with Gasteiger partial charge in [-0.1, -0.05) is 20.8 Å². The van der Waals surface area contributed by atoms with Crippen LogP contribution < -0.4 is 11.2 Å². The van der Waals surface area contributed by atoms with Crippen molar-refractivity contribution in [3.05, 3.63) is 33.1 Å². The number of rotatable bonds is 6. The smallest absolute Gasteiger partial charge is 0.330 e. The third kappa shape index (κ3) is 5.46. The van der Waals surface area contributed by atoms with E-state index >= 15 is 0 Å². The Kier molecular flexibility index (Phi) is 7.10. The van der Waals surface area contributed by atoms with E-state index in [-0.39, 0.29) is 11.6 Å². The molecule has 0 aromatic carbocycles. The van der Waals surface area contributed by atoms with Crippen molar-refractivity contribution in [2.75, 3.05) is 6.61 Å². The number of hydrogen-bond acceptors (Lipinski definition) is 8. The van der Waals surface area contributed by atoms with Crippen LogP contribution in [0.4, 0.5) is 0 Å². The summed E-state index contributed by atoms with van der Waals surface area (Å²) < 4.78 is 24.3. The summed E-state index contributed by atoms with van der Waals surface area (Å²) >= 11 is 0. The molecule has 1 aliphatic rings. The third-order valence-electron chi connectivity index (χ3n) is 5.40. The van der Waals surface area contributed by atoms with Gasteiger partial charge < -0.3 is 18.6 Å². The summed E-state index contributed by atoms with van der Waals surface area (Å²) in [4.78, 5) is 49.2. The minimum Gasteiger partial charge on any atom is -0.463 e. The number of aromatic amines is 1. The fourth-order valence-corrected chi connectivity index (χ4v) is 4.19. The summed E-state index contributed by atoms with van der Waals surface area (Å²) in [7, 11) is -2.37. The van der Waals surface area contributed by atoms with Crippen LogP contribution in [0.2, 0.25) is 18.1 Å². The van der Waals surface area contributed by atoms with Crippen LogP contribution >= 0.6 is 0 Å². The van der Waals surface area contributed by atoms with E-state index in [9.17, 15) is 19.2 Å². The van der Waals surface area contributed by atoms with Gasteiger partial charge in [-0.05, 0) is 18.1 Å². The first-order valence-electron chi connectivity index (χ1n) is 9.68. The number of H-pyrrole nitrogens is 1. The van der Waals surface area contributed by atoms with Crippen LogP contribution in [0.25, 0.3) is 0 Å². The van der Waals surface area contributed by atoms with Gasteiger partial charge in [0, 0.05) is 26.1 Å². The summed E-state index contributed by atoms with van der Waals surface area (Å²) in [5.41, 5.74) is -1.28. The summed E-state index contributed by atoms with van der Waals surface area (Å²) in [6.45, 7) is 12.6. The lowest BCUT2D eigenvalue weighted by atomic mass is 10.1. The minimum atomic E-state index is -2.37. The molecule has 0 radical (unpaired) electrons. The molecule has 2 heterocycles. The van der Waals surface area contributed by atoms with Gasteiger partial charge in [-0.3, -0.25) is 23.9 Å². The molecular formula is C19H30N2O8Si. The predicted molar refractivity (Wildman–Crippen MR) is 109 cm³/mol. The molecule has 11 heteroatoms. The molecule has 4 atom stereocenters. The van der Waals surface area contributed by atoms with Gasteiger partial charge in [0.15, 0.2) is 20.6 Å². The fraction of sp³-hybridized carbons (Fsp3) is 0.684. The van der Waals surface area contributed by atoms with E-state index in [2.05, 4.69) is 25.8 Å². The van der Waals surface area contributed by atoms with E-state index in [0.29, 0.717) is 0 Å². The van der Waals surface area contributed by atoms with Crippen molar-refractivity contribution < 1.29 is 28.2 Å². The van der Waals surface area contributed by atoms with E-state index < -0.39 is 56.0 Å². The summed E-state index contributed by atoms with van der Waals surface area (Å²) in [5.74, 6) is -1.08. The van der Waals surface area contributed by atoms with Crippen molar-refractivity contribution in [3.63, 3.8) is 0 Å². The Morgan fingerprint density at radius 1 is 1.17 bits per heavy atom. The van der Waals surface area contributed by atoms with E-state index in [0.717, 1.165) is 4.57 Å². The van der Waals surface area contributed by atoms with Crippen LogP contribution in [0, 0.1) is 0 Å². The van der Waals surface area contributed by atoms with Crippen molar-refractivity contribution in [1.29, 1.82) is 0 Å². The van der Waals surface area contributed by atoms with Gasteiger partial charge >= 0.3 is 17.6 Å². The van der Waals surface area contributed by atoms with Gasteiger partial charge in [0.25, 0.3) is 5.56 Å². The topological polar surface area (TPSA) is 126 Å². The highest BCUT2D eigenvalue weighted by molar-refractivity contribution is 6.74. The lowest BCUT2D eigenvalue weighted by molar-refractivity contribution is -0.155. The Morgan fingerprint density at radius 3 is 2.30 bits per heavy atom. The lowest BCUT2D eigenvalue weighted by Gasteiger charge is -2.40. The molecule has 1 fully saturated rings. The van der Waals surface area contributed by atoms with Crippen molar-refractivity contribution >= 4 is 20.3 Å². The molecular weight excluding hydrogens is 412 g/mol. The maximum Gasteiger partial charge on any atom is 0.330 e. The van der Waals surface area contributed by atoms with Gasteiger partial charge in [-0.25, -0.2) is 4.79 Å². The molecule has 1 aromatic heterocycles. The number of carbonyl (C=O) groups excluding carboxylic acids is 2. The number of nitrogens with zero attached hydrogens (tertiary/aromatic N) is 1. The molecule has 168 valence electrons. The van der Waals surface area contributed by atoms with E-state index in [1.54, 1.807) is 0 Å². The molecule has 1 saturated heterocycles. The maximum absolute atomic E-state index is 12.4. The first-order valence-corrected chi connectivity index (χ1v) is 12.6. The summed E-state index contributed by atoms with van der Waals surface area (Å²) in [5, 5.41) is -0.160. The second-order valence-electron chi connectivity index (χ2n) is 8.80. The molecule has 0 bridgehead atoms. The van der Waals surface area contributed by atoms with Crippen LogP contribution in [0.5, 0.6) is 0 Å². The SMILES string of the molecule is CC(=O)OC[C@@H]1O[C@H](n2ccc(=O)[nH]c2=O)C(OC(C)=O)C1O[Si](C)(C)C(C)(C)C. The Bertz CT molecular complexity index is 901. The molecule has 2 unspecified atom stereocenters.